The molecule has 6 rings (SSSR count). The Balaban J connectivity index is 1.05. The normalized spacial score (nSPS) is 16.1. The van der Waals surface area contributed by atoms with Crippen molar-refractivity contribution in [3.8, 4) is 17.2 Å². The number of imidazole rings is 2. The predicted molar refractivity (Wildman–Crippen MR) is 193 cm³/mol. The average molecular weight is 789 g/mol. The lowest BCUT2D eigenvalue weighted by molar-refractivity contribution is -0.897. The number of aromatic nitrogens is 6. The standard InChI is InChI=1S/C35H41ClF3N11O5/c1-3-22(6-9-47(20-28(51)52)18-21-15-40-16-21)32(54)48-10-12-49(13-11-48)33(55)24-5-4-23(14-26(24)36)44-31(53)30-43-17-27(46(30)2)25-19-50(34-41-7-8-42-34)45-29(25)35(37,38)39/h4-5,7-8,14,17,19,21-22,40H,3,6,9-13,15-16,18,20H2,1-2H3,(H,41,42)(H,44,53)(H,51,52)/p+1. The van der Waals surface area contributed by atoms with Gasteiger partial charge < -0.3 is 40.0 Å². The van der Waals surface area contributed by atoms with E-state index in [-0.39, 0.29) is 63.6 Å². The summed E-state index contributed by atoms with van der Waals surface area (Å²) in [6.07, 6.45) is 1.50. The molecule has 1 aromatic carbocycles. The molecule has 2 unspecified atom stereocenters. The van der Waals surface area contributed by atoms with E-state index in [0.717, 1.165) is 41.6 Å². The largest absolute Gasteiger partial charge is 0.477 e. The number of nitrogens with one attached hydrogen (secondary N) is 4. The van der Waals surface area contributed by atoms with E-state index in [2.05, 4.69) is 30.7 Å². The molecular formula is C35H42ClF3N11O5+. The highest BCUT2D eigenvalue weighted by molar-refractivity contribution is 6.34. The lowest BCUT2D eigenvalue weighted by Gasteiger charge is -2.37. The van der Waals surface area contributed by atoms with E-state index in [4.69, 9.17) is 11.6 Å². The van der Waals surface area contributed by atoms with Crippen molar-refractivity contribution in [1.82, 2.24) is 44.4 Å². The van der Waals surface area contributed by atoms with Crippen LogP contribution in [-0.2, 0) is 22.8 Å². The summed E-state index contributed by atoms with van der Waals surface area (Å²) in [6, 6.07) is 4.35. The van der Waals surface area contributed by atoms with Crippen molar-refractivity contribution in [3.63, 3.8) is 0 Å². The number of quaternary nitrogens is 1. The van der Waals surface area contributed by atoms with E-state index >= 15 is 0 Å². The monoisotopic (exact) mass is 788 g/mol. The van der Waals surface area contributed by atoms with E-state index in [1.165, 1.54) is 42.2 Å². The van der Waals surface area contributed by atoms with Gasteiger partial charge in [-0.1, -0.05) is 18.5 Å². The molecule has 16 nitrogen and oxygen atoms in total. The molecule has 5 N–H and O–H groups in total. The first-order valence-electron chi connectivity index (χ1n) is 17.9. The zero-order valence-corrected chi connectivity index (χ0v) is 31.0. The molecule has 5 heterocycles. The third-order valence-corrected chi connectivity index (χ3v) is 10.3. The van der Waals surface area contributed by atoms with Gasteiger partial charge in [-0.15, -0.1) is 0 Å². The Hall–Kier alpha value is -5.27. The Bertz CT molecular complexity index is 2020. The molecule has 2 aliphatic rings. The minimum absolute atomic E-state index is 0.00251. The molecule has 0 radical (unpaired) electrons. The van der Waals surface area contributed by atoms with Crippen LogP contribution in [0.3, 0.4) is 0 Å². The van der Waals surface area contributed by atoms with Gasteiger partial charge in [-0.25, -0.2) is 19.4 Å². The third kappa shape index (κ3) is 9.00. The Morgan fingerprint density at radius 1 is 1.11 bits per heavy atom. The summed E-state index contributed by atoms with van der Waals surface area (Å²) in [5.74, 6) is -1.85. The van der Waals surface area contributed by atoms with Crippen LogP contribution in [0.5, 0.6) is 0 Å². The summed E-state index contributed by atoms with van der Waals surface area (Å²) >= 11 is 6.52. The van der Waals surface area contributed by atoms with E-state index in [1.807, 2.05) is 6.92 Å². The molecule has 3 aromatic heterocycles. The lowest BCUT2D eigenvalue weighted by Crippen LogP contribution is -3.14. The first kappa shape index (κ1) is 39.4. The number of hydrogen-bond donors (Lipinski definition) is 5. The van der Waals surface area contributed by atoms with Crippen LogP contribution in [0.15, 0.2) is 43.0 Å². The number of hydrogen-bond acceptors (Lipinski definition) is 8. The molecule has 294 valence electrons. The second-order valence-corrected chi connectivity index (χ2v) is 14.1. The summed E-state index contributed by atoms with van der Waals surface area (Å²) in [4.78, 5) is 66.6. The SMILES string of the molecule is CCC(CC[NH+](CC(=O)O)CC1CNC1)C(=O)N1CCN(C(=O)c2ccc(NC(=O)c3ncc(-c4cn(-c5ncc[nH]5)nc4C(F)(F)F)n3C)cc2Cl)CC1. The van der Waals surface area contributed by atoms with Gasteiger partial charge in [-0.2, -0.15) is 18.3 Å². The van der Waals surface area contributed by atoms with Crippen LogP contribution in [0.25, 0.3) is 17.2 Å². The zero-order chi connectivity index (χ0) is 39.4. The number of rotatable bonds is 14. The molecular weight excluding hydrogens is 747 g/mol. The van der Waals surface area contributed by atoms with Gasteiger partial charge >= 0.3 is 12.1 Å². The number of carboxylic acid groups (broad SMARTS) is 1. The van der Waals surface area contributed by atoms with Crippen LogP contribution < -0.4 is 15.5 Å². The van der Waals surface area contributed by atoms with E-state index in [0.29, 0.717) is 51.5 Å². The van der Waals surface area contributed by atoms with Crippen LogP contribution in [0.1, 0.15) is 46.4 Å². The van der Waals surface area contributed by atoms with Crippen LogP contribution in [-0.4, -0.2) is 127 Å². The van der Waals surface area contributed by atoms with Crippen molar-refractivity contribution in [2.75, 3.05) is 64.2 Å². The highest BCUT2D eigenvalue weighted by Gasteiger charge is 2.39. The summed E-state index contributed by atoms with van der Waals surface area (Å²) in [5, 5.41) is 18.9. The summed E-state index contributed by atoms with van der Waals surface area (Å²) in [6.45, 7) is 6.32. The number of alkyl halides is 3. The predicted octanol–water partition coefficient (Wildman–Crippen LogP) is 1.81. The van der Waals surface area contributed by atoms with Gasteiger partial charge in [0.15, 0.2) is 18.1 Å². The number of aliphatic carboxylic acids is 1. The summed E-state index contributed by atoms with van der Waals surface area (Å²) in [5.41, 5.74) is -1.08. The topological polar surface area (TPSA) is 188 Å². The molecule has 0 aliphatic carbocycles. The van der Waals surface area contributed by atoms with Crippen LogP contribution >= 0.6 is 11.6 Å². The van der Waals surface area contributed by atoms with Gasteiger partial charge in [-0.05, 0) is 24.6 Å². The number of H-pyrrole nitrogens is 1. The van der Waals surface area contributed by atoms with Crippen molar-refractivity contribution in [2.45, 2.75) is 25.9 Å². The van der Waals surface area contributed by atoms with E-state index in [9.17, 15) is 37.5 Å². The Labute approximate surface area is 318 Å². The first-order valence-corrected chi connectivity index (χ1v) is 18.2. The first-order chi connectivity index (χ1) is 26.2. The maximum atomic E-state index is 13.9. The van der Waals surface area contributed by atoms with Gasteiger partial charge in [0.05, 0.1) is 41.1 Å². The smallest absolute Gasteiger partial charge is 0.435 e. The molecule has 20 heteroatoms. The van der Waals surface area contributed by atoms with Gasteiger partial charge in [0.1, 0.15) is 0 Å². The maximum Gasteiger partial charge on any atom is 0.435 e. The van der Waals surface area contributed by atoms with Gasteiger partial charge in [-0.3, -0.25) is 14.4 Å². The zero-order valence-electron chi connectivity index (χ0n) is 30.2. The number of carboxylic acids is 1. The molecule has 0 bridgehead atoms. The van der Waals surface area contributed by atoms with Gasteiger partial charge in [0.2, 0.25) is 11.9 Å². The Kier molecular flexibility index (Phi) is 11.9. The van der Waals surface area contributed by atoms with Crippen LogP contribution in [0, 0.1) is 11.8 Å². The number of carbonyl (C=O) groups is 4. The molecule has 0 saturated carbocycles. The number of nitrogens with zero attached hydrogens (tertiary/aromatic N) is 7. The number of carbonyl (C=O) groups excluding carboxylic acids is 3. The van der Waals surface area contributed by atoms with Crippen LogP contribution in [0.2, 0.25) is 5.02 Å². The lowest BCUT2D eigenvalue weighted by atomic mass is 9.98. The molecule has 2 fully saturated rings. The molecule has 2 atom stereocenters. The molecule has 4 aromatic rings. The number of benzene rings is 1. The molecule has 3 amide bonds. The highest BCUT2D eigenvalue weighted by atomic mass is 35.5. The van der Waals surface area contributed by atoms with Crippen LogP contribution in [0.4, 0.5) is 18.9 Å². The van der Waals surface area contributed by atoms with Crippen molar-refractivity contribution in [3.05, 3.63) is 65.1 Å². The van der Waals surface area contributed by atoms with Crippen molar-refractivity contribution < 1.29 is 42.4 Å². The molecule has 55 heavy (non-hydrogen) atoms. The quantitative estimate of drug-likeness (QED) is 0.127. The third-order valence-electron chi connectivity index (χ3n) is 10.0. The van der Waals surface area contributed by atoms with Gasteiger partial charge in [0.25, 0.3) is 11.8 Å². The molecule has 2 saturated heterocycles. The minimum atomic E-state index is -4.80. The maximum absolute atomic E-state index is 13.9. The number of amides is 3. The van der Waals surface area contributed by atoms with E-state index < -0.39 is 23.7 Å². The molecule has 0 spiro atoms. The fraction of sp³-hybridized carbons (Fsp3) is 0.457. The average Bonchev–Trinajstić information content (AvgIpc) is 3.90. The number of anilines is 1. The Morgan fingerprint density at radius 2 is 1.84 bits per heavy atom. The summed E-state index contributed by atoms with van der Waals surface area (Å²) < 4.78 is 44.0. The van der Waals surface area contributed by atoms with E-state index in [1.54, 1.807) is 9.80 Å². The number of halogens is 4. The van der Waals surface area contributed by atoms with Gasteiger partial charge in [0, 0.05) is 88.9 Å². The number of aromatic amines is 1. The highest BCUT2D eigenvalue weighted by Crippen LogP contribution is 2.36. The van der Waals surface area contributed by atoms with Crippen molar-refractivity contribution in [2.24, 2.45) is 18.9 Å². The Morgan fingerprint density at radius 3 is 2.44 bits per heavy atom. The second kappa shape index (κ2) is 16.6. The summed E-state index contributed by atoms with van der Waals surface area (Å²) in [7, 11) is 1.40. The fourth-order valence-electron chi connectivity index (χ4n) is 6.90. The minimum Gasteiger partial charge on any atom is -0.477 e. The van der Waals surface area contributed by atoms with Crippen molar-refractivity contribution in [1.29, 1.82) is 0 Å². The second-order valence-electron chi connectivity index (χ2n) is 13.7. The number of piperazine rings is 1. The molecule has 2 aliphatic heterocycles. The fourth-order valence-corrected chi connectivity index (χ4v) is 7.16. The van der Waals surface area contributed by atoms with Crippen molar-refractivity contribution >= 4 is 41.0 Å².